The van der Waals surface area contributed by atoms with E-state index < -0.39 is 0 Å². The lowest BCUT2D eigenvalue weighted by atomic mass is 10.2. The fourth-order valence-corrected chi connectivity index (χ4v) is 2.98. The van der Waals surface area contributed by atoms with Gasteiger partial charge in [0.05, 0.1) is 10.9 Å². The van der Waals surface area contributed by atoms with Crippen LogP contribution < -0.4 is 9.80 Å². The van der Waals surface area contributed by atoms with Crippen molar-refractivity contribution >= 4 is 22.7 Å². The zero-order valence-corrected chi connectivity index (χ0v) is 12.5. The lowest BCUT2D eigenvalue weighted by Crippen LogP contribution is -2.47. The molecule has 0 unspecified atom stereocenters. The molecule has 1 N–H and O–H groups in total. The van der Waals surface area contributed by atoms with E-state index in [-0.39, 0.29) is 0 Å². The molecule has 3 aromatic heterocycles. The van der Waals surface area contributed by atoms with E-state index in [1.807, 2.05) is 18.3 Å². The van der Waals surface area contributed by atoms with E-state index in [1.165, 1.54) is 0 Å². The van der Waals surface area contributed by atoms with Crippen molar-refractivity contribution in [2.45, 2.75) is 0 Å². The summed E-state index contributed by atoms with van der Waals surface area (Å²) in [7, 11) is 0. The third-order valence-corrected chi connectivity index (χ3v) is 4.12. The minimum atomic E-state index is 0.621. The van der Waals surface area contributed by atoms with Gasteiger partial charge in [0.2, 0.25) is 0 Å². The molecule has 0 bridgehead atoms. The molecule has 1 aliphatic rings. The number of hydrogen-bond acceptors (Lipinski definition) is 6. The maximum absolute atomic E-state index is 9.23. The number of rotatable bonds is 2. The summed E-state index contributed by atoms with van der Waals surface area (Å²) < 4.78 is 0. The molecule has 1 aliphatic heterocycles. The van der Waals surface area contributed by atoms with E-state index >= 15 is 0 Å². The van der Waals surface area contributed by atoms with Crippen molar-refractivity contribution in [2.75, 3.05) is 36.0 Å². The average Bonchev–Trinajstić information content (AvgIpc) is 3.10. The first-order valence-electron chi connectivity index (χ1n) is 7.50. The number of nitrogens with zero attached hydrogens (tertiary/aromatic N) is 6. The summed E-state index contributed by atoms with van der Waals surface area (Å²) in [5, 5.41) is 10.3. The number of pyridine rings is 1. The molecular formula is C16H15N7. The van der Waals surface area contributed by atoms with E-state index in [0.29, 0.717) is 5.56 Å². The lowest BCUT2D eigenvalue weighted by Gasteiger charge is -2.36. The smallest absolute Gasteiger partial charge is 0.146 e. The summed E-state index contributed by atoms with van der Waals surface area (Å²) in [6.45, 7) is 3.28. The molecule has 7 nitrogen and oxygen atoms in total. The monoisotopic (exact) mass is 305 g/mol. The maximum Gasteiger partial charge on any atom is 0.146 e. The molecule has 0 aliphatic carbocycles. The molecule has 0 atom stereocenters. The van der Waals surface area contributed by atoms with Gasteiger partial charge in [0, 0.05) is 38.6 Å². The Kier molecular flexibility index (Phi) is 3.27. The van der Waals surface area contributed by atoms with Crippen LogP contribution in [0.2, 0.25) is 0 Å². The van der Waals surface area contributed by atoms with Gasteiger partial charge in [-0.2, -0.15) is 5.26 Å². The average molecular weight is 305 g/mol. The zero-order valence-electron chi connectivity index (χ0n) is 12.5. The fraction of sp³-hybridized carbons (Fsp3) is 0.250. The van der Waals surface area contributed by atoms with Crippen molar-refractivity contribution in [3.63, 3.8) is 0 Å². The Balaban J connectivity index is 1.56. The fourth-order valence-electron chi connectivity index (χ4n) is 2.98. The number of piperazine rings is 1. The molecule has 4 heterocycles. The molecule has 0 aromatic carbocycles. The van der Waals surface area contributed by atoms with Crippen LogP contribution in [-0.4, -0.2) is 46.1 Å². The van der Waals surface area contributed by atoms with Crippen molar-refractivity contribution < 1.29 is 0 Å². The summed E-state index contributed by atoms with van der Waals surface area (Å²) in [6, 6.07) is 7.82. The number of hydrogen-bond donors (Lipinski definition) is 1. The van der Waals surface area contributed by atoms with E-state index in [2.05, 4.69) is 35.8 Å². The van der Waals surface area contributed by atoms with E-state index in [1.54, 1.807) is 18.6 Å². The lowest BCUT2D eigenvalue weighted by molar-refractivity contribution is 0.642. The van der Waals surface area contributed by atoms with Crippen LogP contribution in [0, 0.1) is 11.3 Å². The van der Waals surface area contributed by atoms with Gasteiger partial charge in [-0.3, -0.25) is 0 Å². The SMILES string of the molecule is N#Cc1cccnc1N1CCN(c2ncnc3[nH]ccc23)CC1. The Morgan fingerprint density at radius 3 is 2.57 bits per heavy atom. The summed E-state index contributed by atoms with van der Waals surface area (Å²) in [4.78, 5) is 20.6. The van der Waals surface area contributed by atoms with Crippen molar-refractivity contribution in [2.24, 2.45) is 0 Å². The van der Waals surface area contributed by atoms with Crippen LogP contribution in [0.25, 0.3) is 11.0 Å². The number of aromatic nitrogens is 4. The Morgan fingerprint density at radius 2 is 1.78 bits per heavy atom. The highest BCUT2D eigenvalue weighted by atomic mass is 15.3. The van der Waals surface area contributed by atoms with Crippen LogP contribution in [0.15, 0.2) is 36.9 Å². The minimum absolute atomic E-state index is 0.621. The summed E-state index contributed by atoms with van der Waals surface area (Å²) in [6.07, 6.45) is 5.20. The molecule has 3 aromatic rings. The Morgan fingerprint density at radius 1 is 1.00 bits per heavy atom. The standard InChI is InChI=1S/C16H15N7/c17-10-12-2-1-4-19-15(12)22-6-8-23(9-7-22)16-13-3-5-18-14(13)20-11-21-16/h1-5,11H,6-9H2,(H,18,20,21). The molecule has 23 heavy (non-hydrogen) atoms. The van der Waals surface area contributed by atoms with Crippen molar-refractivity contribution in [1.29, 1.82) is 5.26 Å². The molecular weight excluding hydrogens is 290 g/mol. The van der Waals surface area contributed by atoms with Gasteiger partial charge < -0.3 is 14.8 Å². The quantitative estimate of drug-likeness (QED) is 0.773. The number of nitrogens with one attached hydrogen (secondary N) is 1. The largest absolute Gasteiger partial charge is 0.352 e. The molecule has 0 radical (unpaired) electrons. The number of anilines is 2. The second-order valence-corrected chi connectivity index (χ2v) is 5.40. The molecule has 1 saturated heterocycles. The molecule has 1 fully saturated rings. The van der Waals surface area contributed by atoms with Gasteiger partial charge in [-0.25, -0.2) is 15.0 Å². The molecule has 4 rings (SSSR count). The van der Waals surface area contributed by atoms with Gasteiger partial charge in [0.15, 0.2) is 0 Å². The highest BCUT2D eigenvalue weighted by Crippen LogP contribution is 2.24. The number of aromatic amines is 1. The van der Waals surface area contributed by atoms with Crippen LogP contribution in [-0.2, 0) is 0 Å². The number of H-pyrrole nitrogens is 1. The number of nitriles is 1. The van der Waals surface area contributed by atoms with Crippen molar-refractivity contribution in [1.82, 2.24) is 19.9 Å². The Labute approximate surface area is 133 Å². The van der Waals surface area contributed by atoms with Crippen molar-refractivity contribution in [3.8, 4) is 6.07 Å². The zero-order chi connectivity index (χ0) is 15.6. The third kappa shape index (κ3) is 2.34. The van der Waals surface area contributed by atoms with Gasteiger partial charge in [-0.15, -0.1) is 0 Å². The minimum Gasteiger partial charge on any atom is -0.352 e. The van der Waals surface area contributed by atoms with Gasteiger partial charge in [-0.1, -0.05) is 0 Å². The summed E-state index contributed by atoms with van der Waals surface area (Å²) in [5.41, 5.74) is 1.48. The van der Waals surface area contributed by atoms with E-state index in [4.69, 9.17) is 0 Å². The highest BCUT2D eigenvalue weighted by Gasteiger charge is 2.22. The first-order valence-corrected chi connectivity index (χ1v) is 7.50. The second kappa shape index (κ2) is 5.57. The van der Waals surface area contributed by atoms with Crippen LogP contribution >= 0.6 is 0 Å². The molecule has 114 valence electrons. The van der Waals surface area contributed by atoms with Crippen LogP contribution in [0.4, 0.5) is 11.6 Å². The Bertz CT molecular complexity index is 871. The normalized spacial score (nSPS) is 14.9. The van der Waals surface area contributed by atoms with E-state index in [0.717, 1.165) is 48.8 Å². The predicted molar refractivity (Wildman–Crippen MR) is 87.3 cm³/mol. The predicted octanol–water partition coefficient (Wildman–Crippen LogP) is 1.55. The Hall–Kier alpha value is -3.14. The van der Waals surface area contributed by atoms with Gasteiger partial charge in [-0.05, 0) is 18.2 Å². The van der Waals surface area contributed by atoms with Crippen molar-refractivity contribution in [3.05, 3.63) is 42.5 Å². The molecule has 0 spiro atoms. The maximum atomic E-state index is 9.23. The molecule has 0 saturated carbocycles. The summed E-state index contributed by atoms with van der Waals surface area (Å²) in [5.74, 6) is 1.72. The second-order valence-electron chi connectivity index (χ2n) is 5.40. The van der Waals surface area contributed by atoms with Crippen LogP contribution in [0.5, 0.6) is 0 Å². The van der Waals surface area contributed by atoms with Gasteiger partial charge in [0.25, 0.3) is 0 Å². The van der Waals surface area contributed by atoms with E-state index in [9.17, 15) is 5.26 Å². The molecule has 0 amide bonds. The third-order valence-electron chi connectivity index (χ3n) is 4.12. The highest BCUT2D eigenvalue weighted by molar-refractivity contribution is 5.87. The number of fused-ring (bicyclic) bond motifs is 1. The first kappa shape index (κ1) is 13.5. The first-order chi connectivity index (χ1) is 11.4. The topological polar surface area (TPSA) is 84.7 Å². The van der Waals surface area contributed by atoms with Crippen LogP contribution in [0.3, 0.4) is 0 Å². The van der Waals surface area contributed by atoms with Gasteiger partial charge >= 0.3 is 0 Å². The van der Waals surface area contributed by atoms with Gasteiger partial charge in [0.1, 0.15) is 29.7 Å². The summed E-state index contributed by atoms with van der Waals surface area (Å²) >= 11 is 0. The molecule has 7 heteroatoms. The van der Waals surface area contributed by atoms with Crippen LogP contribution in [0.1, 0.15) is 5.56 Å².